The first kappa shape index (κ1) is 20.0. The van der Waals surface area contributed by atoms with Crippen molar-refractivity contribution in [3.05, 3.63) is 87.0 Å². The van der Waals surface area contributed by atoms with Crippen LogP contribution in [0.2, 0.25) is 0 Å². The van der Waals surface area contributed by atoms with Gasteiger partial charge in [0.2, 0.25) is 5.91 Å². The van der Waals surface area contributed by atoms with E-state index in [0.717, 1.165) is 52.7 Å². The summed E-state index contributed by atoms with van der Waals surface area (Å²) in [4.78, 5) is 33.0. The van der Waals surface area contributed by atoms with Gasteiger partial charge in [0.1, 0.15) is 10.1 Å². The fourth-order valence-corrected chi connectivity index (χ4v) is 6.46. The number of rotatable bonds is 5. The lowest BCUT2D eigenvalue weighted by atomic mass is 9.97. The van der Waals surface area contributed by atoms with Crippen LogP contribution in [0.3, 0.4) is 0 Å². The minimum absolute atomic E-state index is 0.0746. The van der Waals surface area contributed by atoms with Crippen LogP contribution in [0.5, 0.6) is 0 Å². The first-order valence-corrected chi connectivity index (χ1v) is 12.0. The molecule has 2 heterocycles. The van der Waals surface area contributed by atoms with Crippen LogP contribution in [0.15, 0.2) is 70.6 Å². The van der Waals surface area contributed by atoms with E-state index < -0.39 is 11.2 Å². The number of aromatic nitrogens is 2. The third kappa shape index (κ3) is 3.68. The lowest BCUT2D eigenvalue weighted by Gasteiger charge is -2.17. The van der Waals surface area contributed by atoms with E-state index in [4.69, 9.17) is 10.7 Å². The molecule has 0 radical (unpaired) electrons. The quantitative estimate of drug-likeness (QED) is 0.357. The third-order valence-electron chi connectivity index (χ3n) is 5.56. The van der Waals surface area contributed by atoms with Crippen LogP contribution < -0.4 is 11.3 Å². The van der Waals surface area contributed by atoms with E-state index in [9.17, 15) is 9.59 Å². The molecule has 0 fully saturated rings. The van der Waals surface area contributed by atoms with Gasteiger partial charge in [0, 0.05) is 4.88 Å². The van der Waals surface area contributed by atoms with Gasteiger partial charge in [0.05, 0.1) is 11.1 Å². The van der Waals surface area contributed by atoms with Gasteiger partial charge in [-0.3, -0.25) is 14.2 Å². The number of hydrogen-bond acceptors (Lipinski definition) is 5. The molecule has 0 saturated carbocycles. The van der Waals surface area contributed by atoms with E-state index in [1.165, 1.54) is 16.6 Å². The minimum atomic E-state index is -0.643. The van der Waals surface area contributed by atoms with Crippen molar-refractivity contribution in [1.29, 1.82) is 0 Å². The molecule has 2 aromatic carbocycles. The molecule has 2 aromatic heterocycles. The van der Waals surface area contributed by atoms with Crippen LogP contribution in [0, 0.1) is 0 Å². The van der Waals surface area contributed by atoms with Crippen LogP contribution in [-0.2, 0) is 17.6 Å². The van der Waals surface area contributed by atoms with Crippen molar-refractivity contribution < 1.29 is 4.79 Å². The maximum atomic E-state index is 13.8. The Hall–Kier alpha value is -2.90. The molecular formula is C24H21N3O2S2. The number of carbonyl (C=O) groups is 1. The van der Waals surface area contributed by atoms with Crippen LogP contribution in [0.25, 0.3) is 15.9 Å². The van der Waals surface area contributed by atoms with Crippen molar-refractivity contribution in [2.24, 2.45) is 5.73 Å². The summed E-state index contributed by atoms with van der Waals surface area (Å²) in [6.07, 6.45) is 4.16. The average Bonchev–Trinajstić information content (AvgIpc) is 3.17. The number of aryl methyl sites for hydroxylation is 2. The van der Waals surface area contributed by atoms with Gasteiger partial charge in [-0.1, -0.05) is 60.3 Å². The fourth-order valence-electron chi connectivity index (χ4n) is 4.09. The zero-order chi connectivity index (χ0) is 21.4. The number of para-hydroxylation sites is 1. The van der Waals surface area contributed by atoms with Gasteiger partial charge >= 0.3 is 0 Å². The highest BCUT2D eigenvalue weighted by Crippen LogP contribution is 2.38. The van der Waals surface area contributed by atoms with Gasteiger partial charge in [-0.25, -0.2) is 4.98 Å². The molecule has 0 bridgehead atoms. The van der Waals surface area contributed by atoms with E-state index in [2.05, 4.69) is 0 Å². The highest BCUT2D eigenvalue weighted by atomic mass is 32.2. The molecule has 1 amide bonds. The number of hydrogen-bond donors (Lipinski definition) is 1. The molecular weight excluding hydrogens is 426 g/mol. The first-order valence-electron chi connectivity index (χ1n) is 10.3. The van der Waals surface area contributed by atoms with Crippen LogP contribution in [0.4, 0.5) is 0 Å². The monoisotopic (exact) mass is 447 g/mol. The van der Waals surface area contributed by atoms with Crippen LogP contribution in [-0.4, -0.2) is 15.5 Å². The van der Waals surface area contributed by atoms with Crippen molar-refractivity contribution in [2.75, 3.05) is 0 Å². The Morgan fingerprint density at radius 3 is 2.42 bits per heavy atom. The Balaban J connectivity index is 1.73. The van der Waals surface area contributed by atoms with Gasteiger partial charge in [-0.2, -0.15) is 0 Å². The van der Waals surface area contributed by atoms with Gasteiger partial charge < -0.3 is 5.73 Å². The van der Waals surface area contributed by atoms with Crippen molar-refractivity contribution in [3.63, 3.8) is 0 Å². The highest BCUT2D eigenvalue weighted by molar-refractivity contribution is 8.00. The zero-order valence-corrected chi connectivity index (χ0v) is 18.4. The molecule has 1 atom stereocenters. The molecule has 1 unspecified atom stereocenters. The second-order valence-corrected chi connectivity index (χ2v) is 9.73. The number of benzene rings is 2. The summed E-state index contributed by atoms with van der Waals surface area (Å²) < 4.78 is 1.63. The number of fused-ring (bicyclic) bond motifs is 3. The zero-order valence-electron chi connectivity index (χ0n) is 16.8. The summed E-state index contributed by atoms with van der Waals surface area (Å²) in [5.41, 5.74) is 8.36. The fraction of sp³-hybridized carbons (Fsp3) is 0.208. The highest BCUT2D eigenvalue weighted by Gasteiger charge is 2.26. The lowest BCUT2D eigenvalue weighted by Crippen LogP contribution is -2.24. The molecule has 156 valence electrons. The second-order valence-electron chi connectivity index (χ2n) is 7.57. The molecule has 0 spiro atoms. The second kappa shape index (κ2) is 8.32. The standard InChI is InChI=1S/C24H21N3O2S2/c25-21(28)20(15-9-3-1-4-10-15)31-24-26-22-19(17-13-7-8-14-18(17)30-22)23(29)27(24)16-11-5-2-6-12-16/h1-6,9-12,20H,7-8,13-14H2,(H2,25,28). The number of nitrogens with zero attached hydrogens (tertiary/aromatic N) is 2. The predicted octanol–water partition coefficient (Wildman–Crippen LogP) is 4.64. The van der Waals surface area contributed by atoms with Crippen LogP contribution in [0.1, 0.15) is 34.1 Å². The minimum Gasteiger partial charge on any atom is -0.368 e. The molecule has 5 rings (SSSR count). The van der Waals surface area contributed by atoms with Gasteiger partial charge in [-0.15, -0.1) is 11.3 Å². The van der Waals surface area contributed by atoms with E-state index in [1.54, 1.807) is 15.9 Å². The summed E-state index contributed by atoms with van der Waals surface area (Å²) in [5, 5.41) is 0.563. The number of amides is 1. The molecule has 2 N–H and O–H groups in total. The largest absolute Gasteiger partial charge is 0.368 e. The van der Waals surface area contributed by atoms with Crippen LogP contribution >= 0.6 is 23.1 Å². The van der Waals surface area contributed by atoms with Gasteiger partial charge in [0.15, 0.2) is 5.16 Å². The summed E-state index contributed by atoms with van der Waals surface area (Å²) in [6, 6.07) is 18.9. The number of thiophene rings is 1. The van der Waals surface area contributed by atoms with E-state index in [-0.39, 0.29) is 5.56 Å². The number of nitrogens with two attached hydrogens (primary N) is 1. The Morgan fingerprint density at radius 2 is 1.71 bits per heavy atom. The molecule has 0 aliphatic heterocycles. The summed E-state index contributed by atoms with van der Waals surface area (Å²) in [6.45, 7) is 0. The molecule has 1 aliphatic carbocycles. The van der Waals surface area contributed by atoms with Gasteiger partial charge in [-0.05, 0) is 48.9 Å². The summed E-state index contributed by atoms with van der Waals surface area (Å²) in [5.74, 6) is -0.462. The average molecular weight is 448 g/mol. The number of carbonyl (C=O) groups excluding carboxylic acids is 1. The van der Waals surface area contributed by atoms with Crippen molar-refractivity contribution in [3.8, 4) is 5.69 Å². The Bertz CT molecular complexity index is 1310. The molecule has 1 aliphatic rings. The van der Waals surface area contributed by atoms with E-state index in [0.29, 0.717) is 5.16 Å². The SMILES string of the molecule is NC(=O)C(Sc1nc2sc3c(c2c(=O)n1-c1ccccc1)CCCC3)c1ccccc1. The number of thioether (sulfide) groups is 1. The molecule has 31 heavy (non-hydrogen) atoms. The maximum absolute atomic E-state index is 13.8. The van der Waals surface area contributed by atoms with Crippen molar-refractivity contribution >= 4 is 39.2 Å². The Kier molecular flexibility index (Phi) is 5.38. The first-order chi connectivity index (χ1) is 15.1. The van der Waals surface area contributed by atoms with Gasteiger partial charge in [0.25, 0.3) is 5.56 Å². The summed E-state index contributed by atoms with van der Waals surface area (Å²) in [7, 11) is 0. The number of primary amides is 1. The predicted molar refractivity (Wildman–Crippen MR) is 126 cm³/mol. The maximum Gasteiger partial charge on any atom is 0.267 e. The van der Waals surface area contributed by atoms with Crippen molar-refractivity contribution in [1.82, 2.24) is 9.55 Å². The molecule has 7 heteroatoms. The Labute approximate surface area is 187 Å². The third-order valence-corrected chi connectivity index (χ3v) is 7.97. The normalized spacial score (nSPS) is 14.3. The summed E-state index contributed by atoms with van der Waals surface area (Å²) >= 11 is 2.84. The molecule has 0 saturated heterocycles. The van der Waals surface area contributed by atoms with E-state index in [1.807, 2.05) is 60.7 Å². The van der Waals surface area contributed by atoms with Crippen molar-refractivity contribution in [2.45, 2.75) is 36.1 Å². The molecule has 5 nitrogen and oxygen atoms in total. The van der Waals surface area contributed by atoms with E-state index >= 15 is 0 Å². The Morgan fingerprint density at radius 1 is 1.03 bits per heavy atom. The smallest absolute Gasteiger partial charge is 0.267 e. The topological polar surface area (TPSA) is 78.0 Å². The molecule has 4 aromatic rings. The lowest BCUT2D eigenvalue weighted by molar-refractivity contribution is -0.117.